The van der Waals surface area contributed by atoms with Crippen molar-refractivity contribution < 1.29 is 39.0 Å². The van der Waals surface area contributed by atoms with Gasteiger partial charge in [-0.05, 0) is 0 Å². The molecule has 8 nitrogen and oxygen atoms in total. The Morgan fingerprint density at radius 1 is 1.36 bits per heavy atom. The van der Waals surface area contributed by atoms with E-state index in [2.05, 4.69) is 4.52 Å². The molecule has 0 radical (unpaired) electrons. The average molecular weight is 228 g/mol. The third-order valence-electron chi connectivity index (χ3n) is 1.29. The van der Waals surface area contributed by atoms with Gasteiger partial charge in [0.15, 0.2) is 6.29 Å². The molecule has 9 heteroatoms. The average Bonchev–Trinajstić information content (AvgIpc) is 2.10. The highest BCUT2D eigenvalue weighted by molar-refractivity contribution is 7.43. The summed E-state index contributed by atoms with van der Waals surface area (Å²) < 4.78 is 13.5. The van der Waals surface area contributed by atoms with Crippen LogP contribution in [0.3, 0.4) is 0 Å². The second kappa shape index (κ2) is 5.52. The summed E-state index contributed by atoms with van der Waals surface area (Å²) in [4.78, 5) is 29.8. The lowest BCUT2D eigenvalue weighted by atomic mass is 10.1. The Morgan fingerprint density at radius 3 is 2.21 bits per heavy atom. The van der Waals surface area contributed by atoms with Crippen LogP contribution in [0.25, 0.3) is 0 Å². The lowest BCUT2D eigenvalue weighted by molar-refractivity contribution is -0.343. The van der Waals surface area contributed by atoms with Gasteiger partial charge in [0.05, 0.1) is 14.4 Å². The molecule has 0 aliphatic rings. The van der Waals surface area contributed by atoms with Crippen molar-refractivity contribution in [1.29, 1.82) is 0 Å². The highest BCUT2D eigenvalue weighted by Gasteiger charge is 2.24. The van der Waals surface area contributed by atoms with Crippen molar-refractivity contribution in [3.05, 3.63) is 0 Å². The molecular formula is C5H9O8P-2. The van der Waals surface area contributed by atoms with Crippen LogP contribution in [0.4, 0.5) is 0 Å². The number of aldehydes is 1. The van der Waals surface area contributed by atoms with Crippen LogP contribution in [0.2, 0.25) is 0 Å². The van der Waals surface area contributed by atoms with Gasteiger partial charge in [0.1, 0.15) is 18.3 Å². The number of hydrogen-bond donors (Lipinski definition) is 3. The van der Waals surface area contributed by atoms with E-state index in [0.29, 0.717) is 0 Å². The maximum Gasteiger partial charge on any atom is 0.151 e. The normalized spacial score (nSPS) is 18.6. The van der Waals surface area contributed by atoms with E-state index in [0.717, 1.165) is 0 Å². The van der Waals surface area contributed by atoms with E-state index < -0.39 is 32.7 Å². The molecule has 0 aromatic heterocycles. The Balaban J connectivity index is 4.02. The second-order valence-electron chi connectivity index (χ2n) is 2.43. The monoisotopic (exact) mass is 228 g/mol. The lowest BCUT2D eigenvalue weighted by Gasteiger charge is -2.30. The first-order valence-corrected chi connectivity index (χ1v) is 4.90. The summed E-state index contributed by atoms with van der Waals surface area (Å²) in [5, 5.41) is 26.4. The van der Waals surface area contributed by atoms with E-state index in [-0.39, 0.29) is 6.29 Å². The zero-order valence-corrected chi connectivity index (χ0v) is 7.74. The van der Waals surface area contributed by atoms with Crippen molar-refractivity contribution in [2.45, 2.75) is 18.3 Å². The third-order valence-corrected chi connectivity index (χ3v) is 1.75. The van der Waals surface area contributed by atoms with Crippen molar-refractivity contribution in [3.63, 3.8) is 0 Å². The summed E-state index contributed by atoms with van der Waals surface area (Å²) in [6.07, 6.45) is -5.67. The number of carbonyl (C=O) groups is 1. The molecule has 3 N–H and O–H groups in total. The van der Waals surface area contributed by atoms with E-state index in [4.69, 9.17) is 15.3 Å². The minimum atomic E-state index is -5.24. The molecule has 0 saturated carbocycles. The van der Waals surface area contributed by atoms with Crippen LogP contribution >= 0.6 is 7.82 Å². The zero-order chi connectivity index (χ0) is 11.4. The fourth-order valence-corrected chi connectivity index (χ4v) is 0.910. The Morgan fingerprint density at radius 2 is 1.86 bits per heavy atom. The van der Waals surface area contributed by atoms with E-state index in [9.17, 15) is 19.1 Å². The van der Waals surface area contributed by atoms with Gasteiger partial charge in [-0.1, -0.05) is 0 Å². The van der Waals surface area contributed by atoms with Gasteiger partial charge in [0.25, 0.3) is 0 Å². The third kappa shape index (κ3) is 5.40. The highest BCUT2D eigenvalue weighted by Crippen LogP contribution is 2.24. The maximum atomic E-state index is 9.92. The summed E-state index contributed by atoms with van der Waals surface area (Å²) in [7, 11) is -5.24. The lowest BCUT2D eigenvalue weighted by Crippen LogP contribution is -2.41. The van der Waals surface area contributed by atoms with Crippen LogP contribution in [0.5, 0.6) is 0 Å². The van der Waals surface area contributed by atoms with Gasteiger partial charge in [-0.2, -0.15) is 0 Å². The molecule has 0 aliphatic carbocycles. The van der Waals surface area contributed by atoms with Crippen LogP contribution in [0.15, 0.2) is 0 Å². The highest BCUT2D eigenvalue weighted by atomic mass is 31.2. The number of rotatable bonds is 6. The van der Waals surface area contributed by atoms with E-state index in [1.807, 2.05) is 0 Å². The van der Waals surface area contributed by atoms with Crippen molar-refractivity contribution >= 4 is 14.1 Å². The molecule has 1 unspecified atom stereocenters. The van der Waals surface area contributed by atoms with Crippen LogP contribution < -0.4 is 9.79 Å². The summed E-state index contributed by atoms with van der Waals surface area (Å²) in [6, 6.07) is 0. The SMILES string of the molecule is O=C[C@@H](O)[C@H](O)C(O)COP(=O)([O-])[O-]. The minimum absolute atomic E-state index is 0.0537. The van der Waals surface area contributed by atoms with Crippen molar-refractivity contribution in [3.8, 4) is 0 Å². The number of aliphatic hydroxyl groups is 3. The predicted octanol–water partition coefficient (Wildman–Crippen LogP) is -3.89. The predicted molar refractivity (Wildman–Crippen MR) is 37.6 cm³/mol. The fraction of sp³-hybridized carbons (Fsp3) is 0.800. The van der Waals surface area contributed by atoms with Gasteiger partial charge >= 0.3 is 0 Å². The summed E-state index contributed by atoms with van der Waals surface area (Å²) in [5.74, 6) is 0. The molecule has 0 saturated heterocycles. The van der Waals surface area contributed by atoms with Crippen LogP contribution in [0.1, 0.15) is 0 Å². The van der Waals surface area contributed by atoms with Gasteiger partial charge in [-0.15, -0.1) is 0 Å². The first-order valence-electron chi connectivity index (χ1n) is 3.44. The molecule has 0 bridgehead atoms. The van der Waals surface area contributed by atoms with Crippen LogP contribution in [0, 0.1) is 0 Å². The molecule has 0 spiro atoms. The molecule has 0 aromatic carbocycles. The Kier molecular flexibility index (Phi) is 5.38. The molecule has 0 aromatic rings. The van der Waals surface area contributed by atoms with Gasteiger partial charge in [-0.3, -0.25) is 0 Å². The van der Waals surface area contributed by atoms with Gasteiger partial charge in [0.2, 0.25) is 0 Å². The first-order chi connectivity index (χ1) is 6.28. The molecule has 84 valence electrons. The Bertz CT molecular complexity index is 224. The summed E-state index contributed by atoms with van der Waals surface area (Å²) >= 11 is 0. The summed E-state index contributed by atoms with van der Waals surface area (Å²) in [6.45, 7) is -1.02. The number of hydrogen-bond acceptors (Lipinski definition) is 8. The molecule has 14 heavy (non-hydrogen) atoms. The molecule has 3 atom stereocenters. The molecule has 0 amide bonds. The molecule has 0 aliphatic heterocycles. The molecular weight excluding hydrogens is 219 g/mol. The molecule has 0 heterocycles. The zero-order valence-electron chi connectivity index (χ0n) is 6.85. The standard InChI is InChI=1S/C5H11O8P/c6-1-3(7)5(9)4(8)2-13-14(10,11)12/h1,3-5,7-9H,2H2,(H2,10,11,12)/p-2/t3-,4?,5+/m1/s1. The Hall–Kier alpha value is -0.340. The smallest absolute Gasteiger partial charge is 0.151 e. The van der Waals surface area contributed by atoms with Gasteiger partial charge in [0, 0.05) is 0 Å². The van der Waals surface area contributed by atoms with Crippen molar-refractivity contribution in [2.24, 2.45) is 0 Å². The summed E-state index contributed by atoms with van der Waals surface area (Å²) in [5.41, 5.74) is 0. The van der Waals surface area contributed by atoms with E-state index in [1.54, 1.807) is 0 Å². The maximum absolute atomic E-state index is 9.92. The van der Waals surface area contributed by atoms with Crippen LogP contribution in [-0.2, 0) is 13.9 Å². The number of phosphoric ester groups is 1. The van der Waals surface area contributed by atoms with Gasteiger partial charge in [-0.25, -0.2) is 0 Å². The van der Waals surface area contributed by atoms with Crippen molar-refractivity contribution in [2.75, 3.05) is 6.61 Å². The van der Waals surface area contributed by atoms with E-state index >= 15 is 0 Å². The minimum Gasteiger partial charge on any atom is -0.790 e. The number of aliphatic hydroxyl groups excluding tert-OH is 3. The number of carbonyl (C=O) groups excluding carboxylic acids is 1. The van der Waals surface area contributed by atoms with Crippen LogP contribution in [-0.4, -0.2) is 46.5 Å². The first kappa shape index (κ1) is 13.7. The number of phosphoric acid groups is 1. The van der Waals surface area contributed by atoms with Crippen molar-refractivity contribution in [1.82, 2.24) is 0 Å². The molecule has 0 rings (SSSR count). The van der Waals surface area contributed by atoms with Gasteiger partial charge < -0.3 is 39.0 Å². The quantitative estimate of drug-likeness (QED) is 0.308. The topological polar surface area (TPSA) is 150 Å². The fourth-order valence-electron chi connectivity index (χ4n) is 0.574. The molecule has 0 fully saturated rings. The second-order valence-corrected chi connectivity index (χ2v) is 3.58. The van der Waals surface area contributed by atoms with E-state index in [1.165, 1.54) is 0 Å². The largest absolute Gasteiger partial charge is 0.790 e. The Labute approximate surface area is 79.0 Å².